The van der Waals surface area contributed by atoms with E-state index < -0.39 is 0 Å². The molecule has 1 atom stereocenters. The molecular formula is C10H21NO2. The van der Waals surface area contributed by atoms with E-state index in [1.807, 2.05) is 6.92 Å². The largest absolute Gasteiger partial charge is 0.393 e. The zero-order valence-corrected chi connectivity index (χ0v) is 8.70. The van der Waals surface area contributed by atoms with E-state index in [0.29, 0.717) is 5.92 Å². The fourth-order valence-electron chi connectivity index (χ4n) is 1.88. The lowest BCUT2D eigenvalue weighted by Gasteiger charge is -2.32. The number of hydrogen-bond donors (Lipinski definition) is 1. The van der Waals surface area contributed by atoms with Gasteiger partial charge in [0.05, 0.1) is 12.7 Å². The molecule has 0 aromatic heterocycles. The van der Waals surface area contributed by atoms with E-state index in [4.69, 9.17) is 4.74 Å². The molecular weight excluding hydrogens is 166 g/mol. The smallest absolute Gasteiger partial charge is 0.0589 e. The summed E-state index contributed by atoms with van der Waals surface area (Å²) in [4.78, 5) is 2.41. The van der Waals surface area contributed by atoms with Gasteiger partial charge in [0.15, 0.2) is 0 Å². The highest BCUT2D eigenvalue weighted by molar-refractivity contribution is 4.75. The summed E-state index contributed by atoms with van der Waals surface area (Å²) in [6.07, 6.45) is 2.12. The number of methoxy groups -OCH3 is 1. The van der Waals surface area contributed by atoms with E-state index in [1.54, 1.807) is 7.11 Å². The molecule has 0 amide bonds. The van der Waals surface area contributed by atoms with Gasteiger partial charge in [-0.05, 0) is 38.8 Å². The Bertz CT molecular complexity index is 131. The fourth-order valence-corrected chi connectivity index (χ4v) is 1.88. The van der Waals surface area contributed by atoms with Crippen molar-refractivity contribution >= 4 is 0 Å². The second kappa shape index (κ2) is 5.58. The number of piperidine rings is 1. The van der Waals surface area contributed by atoms with Crippen LogP contribution in [0.4, 0.5) is 0 Å². The first-order chi connectivity index (χ1) is 6.24. The Morgan fingerprint density at radius 1 is 1.46 bits per heavy atom. The second-order valence-electron chi connectivity index (χ2n) is 3.91. The van der Waals surface area contributed by atoms with Crippen molar-refractivity contribution < 1.29 is 9.84 Å². The molecule has 1 aliphatic rings. The molecule has 1 aliphatic heterocycles. The predicted molar refractivity (Wildman–Crippen MR) is 52.7 cm³/mol. The van der Waals surface area contributed by atoms with Gasteiger partial charge in [0.1, 0.15) is 0 Å². The fraction of sp³-hybridized carbons (Fsp3) is 1.00. The molecule has 0 radical (unpaired) electrons. The molecule has 1 rings (SSSR count). The molecule has 78 valence electrons. The Morgan fingerprint density at radius 2 is 2.08 bits per heavy atom. The van der Waals surface area contributed by atoms with Gasteiger partial charge in [0.2, 0.25) is 0 Å². The summed E-state index contributed by atoms with van der Waals surface area (Å²) in [6.45, 7) is 5.97. The Balaban J connectivity index is 2.15. The average molecular weight is 187 g/mol. The number of hydrogen-bond acceptors (Lipinski definition) is 3. The van der Waals surface area contributed by atoms with Crippen LogP contribution in [0.5, 0.6) is 0 Å². The maximum Gasteiger partial charge on any atom is 0.0589 e. The second-order valence-corrected chi connectivity index (χ2v) is 3.91. The molecule has 13 heavy (non-hydrogen) atoms. The van der Waals surface area contributed by atoms with Crippen molar-refractivity contribution in [3.63, 3.8) is 0 Å². The van der Waals surface area contributed by atoms with Gasteiger partial charge in [-0.3, -0.25) is 0 Å². The summed E-state index contributed by atoms with van der Waals surface area (Å²) in [5.41, 5.74) is 0. The molecule has 1 heterocycles. The number of aliphatic hydroxyl groups excluding tert-OH is 1. The van der Waals surface area contributed by atoms with Crippen LogP contribution in [0.2, 0.25) is 0 Å². The molecule has 0 spiro atoms. The molecule has 0 bridgehead atoms. The maximum absolute atomic E-state index is 9.40. The third kappa shape index (κ3) is 3.63. The highest BCUT2D eigenvalue weighted by atomic mass is 16.5. The van der Waals surface area contributed by atoms with Gasteiger partial charge < -0.3 is 14.7 Å². The molecule has 1 unspecified atom stereocenters. The molecule has 1 saturated heterocycles. The van der Waals surface area contributed by atoms with Crippen LogP contribution in [-0.4, -0.2) is 49.5 Å². The standard InChI is InChI=1S/C10H21NO2/c1-9(12)10-3-5-11(6-4-10)7-8-13-2/h9-10,12H,3-8H2,1-2H3. The van der Waals surface area contributed by atoms with Crippen LogP contribution in [0, 0.1) is 5.92 Å². The van der Waals surface area contributed by atoms with Crippen LogP contribution in [0.25, 0.3) is 0 Å². The van der Waals surface area contributed by atoms with Gasteiger partial charge in [0, 0.05) is 13.7 Å². The molecule has 0 aliphatic carbocycles. The quantitative estimate of drug-likeness (QED) is 0.704. The molecule has 0 saturated carbocycles. The van der Waals surface area contributed by atoms with Crippen molar-refractivity contribution in [2.24, 2.45) is 5.92 Å². The van der Waals surface area contributed by atoms with Crippen molar-refractivity contribution in [2.75, 3.05) is 33.4 Å². The minimum atomic E-state index is -0.135. The Morgan fingerprint density at radius 3 is 2.54 bits per heavy atom. The summed E-state index contributed by atoms with van der Waals surface area (Å²) >= 11 is 0. The highest BCUT2D eigenvalue weighted by Gasteiger charge is 2.21. The molecule has 1 N–H and O–H groups in total. The highest BCUT2D eigenvalue weighted by Crippen LogP contribution is 2.19. The first-order valence-electron chi connectivity index (χ1n) is 5.13. The van der Waals surface area contributed by atoms with Gasteiger partial charge in [0.25, 0.3) is 0 Å². The normalized spacial score (nSPS) is 23.3. The van der Waals surface area contributed by atoms with Crippen molar-refractivity contribution in [1.82, 2.24) is 4.90 Å². The third-order valence-electron chi connectivity index (χ3n) is 2.93. The van der Waals surface area contributed by atoms with Crippen LogP contribution >= 0.6 is 0 Å². The third-order valence-corrected chi connectivity index (χ3v) is 2.93. The number of likely N-dealkylation sites (tertiary alicyclic amines) is 1. The molecule has 0 aromatic rings. The Labute approximate surface area is 80.7 Å². The topological polar surface area (TPSA) is 32.7 Å². The van der Waals surface area contributed by atoms with Crippen molar-refractivity contribution in [3.8, 4) is 0 Å². The lowest BCUT2D eigenvalue weighted by Crippen LogP contribution is -2.38. The first-order valence-corrected chi connectivity index (χ1v) is 5.13. The van der Waals surface area contributed by atoms with Crippen molar-refractivity contribution in [2.45, 2.75) is 25.9 Å². The van der Waals surface area contributed by atoms with Gasteiger partial charge in [-0.1, -0.05) is 0 Å². The van der Waals surface area contributed by atoms with Crippen LogP contribution < -0.4 is 0 Å². The summed E-state index contributed by atoms with van der Waals surface area (Å²) in [5.74, 6) is 0.513. The van der Waals surface area contributed by atoms with Gasteiger partial charge >= 0.3 is 0 Å². The summed E-state index contributed by atoms with van der Waals surface area (Å²) in [7, 11) is 1.74. The predicted octanol–water partition coefficient (Wildman–Crippen LogP) is 0.726. The number of ether oxygens (including phenoxy) is 1. The first kappa shape index (κ1) is 11.0. The summed E-state index contributed by atoms with van der Waals surface area (Å²) in [5, 5.41) is 9.40. The van der Waals surface area contributed by atoms with Crippen molar-refractivity contribution in [1.29, 1.82) is 0 Å². The van der Waals surface area contributed by atoms with Crippen molar-refractivity contribution in [3.05, 3.63) is 0 Å². The Hall–Kier alpha value is -0.120. The zero-order valence-electron chi connectivity index (χ0n) is 8.70. The minimum Gasteiger partial charge on any atom is -0.393 e. The Kier molecular flexibility index (Phi) is 4.70. The molecule has 3 heteroatoms. The average Bonchev–Trinajstić information content (AvgIpc) is 2.15. The van der Waals surface area contributed by atoms with E-state index in [0.717, 1.165) is 39.1 Å². The summed E-state index contributed by atoms with van der Waals surface area (Å²) < 4.78 is 5.03. The number of nitrogens with zero attached hydrogens (tertiary/aromatic N) is 1. The SMILES string of the molecule is COCCN1CCC(C(C)O)CC1. The van der Waals surface area contributed by atoms with E-state index >= 15 is 0 Å². The zero-order chi connectivity index (χ0) is 9.68. The maximum atomic E-state index is 9.40. The van der Waals surface area contributed by atoms with E-state index in [1.165, 1.54) is 0 Å². The van der Waals surface area contributed by atoms with Crippen LogP contribution in [0.3, 0.4) is 0 Å². The van der Waals surface area contributed by atoms with Gasteiger partial charge in [-0.15, -0.1) is 0 Å². The van der Waals surface area contributed by atoms with Crippen LogP contribution in [0.15, 0.2) is 0 Å². The number of aliphatic hydroxyl groups is 1. The lowest BCUT2D eigenvalue weighted by atomic mass is 9.92. The minimum absolute atomic E-state index is 0.135. The monoisotopic (exact) mass is 187 g/mol. The van der Waals surface area contributed by atoms with E-state index in [9.17, 15) is 5.11 Å². The van der Waals surface area contributed by atoms with Gasteiger partial charge in [-0.2, -0.15) is 0 Å². The summed E-state index contributed by atoms with van der Waals surface area (Å²) in [6, 6.07) is 0. The van der Waals surface area contributed by atoms with Gasteiger partial charge in [-0.25, -0.2) is 0 Å². The molecule has 0 aromatic carbocycles. The number of rotatable bonds is 4. The lowest BCUT2D eigenvalue weighted by molar-refractivity contribution is 0.0609. The van der Waals surface area contributed by atoms with Crippen LogP contribution in [-0.2, 0) is 4.74 Å². The van der Waals surface area contributed by atoms with Crippen LogP contribution in [0.1, 0.15) is 19.8 Å². The van der Waals surface area contributed by atoms with E-state index in [2.05, 4.69) is 4.90 Å². The van der Waals surface area contributed by atoms with E-state index in [-0.39, 0.29) is 6.10 Å². The molecule has 3 nitrogen and oxygen atoms in total. The molecule has 1 fully saturated rings.